The molecule has 2 aromatic carbocycles. The summed E-state index contributed by atoms with van der Waals surface area (Å²) in [6.45, 7) is 6.11. The summed E-state index contributed by atoms with van der Waals surface area (Å²) in [6, 6.07) is 18.5. The Labute approximate surface area is 173 Å². The van der Waals surface area contributed by atoms with Crippen LogP contribution in [0.4, 0.5) is 0 Å². The van der Waals surface area contributed by atoms with Gasteiger partial charge in [-0.1, -0.05) is 54.2 Å². The third-order valence-electron chi connectivity index (χ3n) is 4.90. The summed E-state index contributed by atoms with van der Waals surface area (Å²) in [5.74, 6) is 0.872. The normalized spacial score (nSPS) is 11.2. The van der Waals surface area contributed by atoms with E-state index in [4.69, 9.17) is 4.98 Å². The highest BCUT2D eigenvalue weighted by Gasteiger charge is 2.18. The minimum Gasteiger partial charge on any atom is -0.268 e. The summed E-state index contributed by atoms with van der Waals surface area (Å²) in [7, 11) is 0. The van der Waals surface area contributed by atoms with Gasteiger partial charge in [0.15, 0.2) is 5.16 Å². The van der Waals surface area contributed by atoms with E-state index in [0.29, 0.717) is 0 Å². The SMILES string of the molecule is Cc1cccc(-n2c(SCCc3ccccc3)nc3sc(C)c(C)c3c2=O)c1. The van der Waals surface area contributed by atoms with E-state index in [9.17, 15) is 4.79 Å². The number of thiophene rings is 1. The highest BCUT2D eigenvalue weighted by Crippen LogP contribution is 2.30. The molecule has 0 aliphatic carbocycles. The zero-order valence-electron chi connectivity index (χ0n) is 16.2. The van der Waals surface area contributed by atoms with Crippen molar-refractivity contribution in [1.29, 1.82) is 0 Å². The molecule has 0 saturated heterocycles. The van der Waals surface area contributed by atoms with Gasteiger partial charge in [0.05, 0.1) is 11.1 Å². The van der Waals surface area contributed by atoms with Crippen molar-refractivity contribution in [1.82, 2.24) is 9.55 Å². The van der Waals surface area contributed by atoms with E-state index in [0.717, 1.165) is 49.2 Å². The Morgan fingerprint density at radius 2 is 1.82 bits per heavy atom. The summed E-state index contributed by atoms with van der Waals surface area (Å²) in [5, 5.41) is 1.51. The molecule has 4 aromatic rings. The zero-order valence-corrected chi connectivity index (χ0v) is 17.9. The van der Waals surface area contributed by atoms with Crippen molar-refractivity contribution in [2.45, 2.75) is 32.3 Å². The maximum atomic E-state index is 13.4. The van der Waals surface area contributed by atoms with E-state index in [2.05, 4.69) is 31.2 Å². The van der Waals surface area contributed by atoms with Crippen LogP contribution < -0.4 is 5.56 Å². The van der Waals surface area contributed by atoms with Crippen molar-refractivity contribution in [3.63, 3.8) is 0 Å². The van der Waals surface area contributed by atoms with Gasteiger partial charge in [-0.15, -0.1) is 11.3 Å². The molecule has 0 fully saturated rings. The molecule has 0 N–H and O–H groups in total. The number of aryl methyl sites for hydroxylation is 4. The van der Waals surface area contributed by atoms with Crippen LogP contribution >= 0.6 is 23.1 Å². The molecule has 28 heavy (non-hydrogen) atoms. The zero-order chi connectivity index (χ0) is 19.7. The number of fused-ring (bicyclic) bond motifs is 1. The second-order valence-corrected chi connectivity index (χ2v) is 9.19. The third kappa shape index (κ3) is 3.64. The van der Waals surface area contributed by atoms with Crippen LogP contribution in [0.1, 0.15) is 21.6 Å². The van der Waals surface area contributed by atoms with E-state index in [1.54, 1.807) is 27.7 Å². The fourth-order valence-electron chi connectivity index (χ4n) is 3.27. The van der Waals surface area contributed by atoms with Crippen molar-refractivity contribution in [2.24, 2.45) is 0 Å². The summed E-state index contributed by atoms with van der Waals surface area (Å²) < 4.78 is 1.78. The van der Waals surface area contributed by atoms with Crippen LogP contribution in [0.25, 0.3) is 15.9 Å². The summed E-state index contributed by atoms with van der Waals surface area (Å²) in [6.07, 6.45) is 0.940. The molecule has 3 nitrogen and oxygen atoms in total. The molecule has 0 unspecified atom stereocenters. The lowest BCUT2D eigenvalue weighted by Gasteiger charge is -2.13. The summed E-state index contributed by atoms with van der Waals surface area (Å²) in [4.78, 5) is 20.3. The minimum atomic E-state index is 0.0275. The number of nitrogens with zero attached hydrogens (tertiary/aromatic N) is 2. The van der Waals surface area contributed by atoms with E-state index in [1.165, 1.54) is 5.56 Å². The standard InChI is InChI=1S/C23H22N2OS2/c1-15-8-7-11-19(14-15)25-22(26)20-16(2)17(3)28-21(20)24-23(25)27-13-12-18-9-5-4-6-10-18/h4-11,14H,12-13H2,1-3H3. The molecule has 0 spiro atoms. The van der Waals surface area contributed by atoms with E-state index in [-0.39, 0.29) is 5.56 Å². The number of aromatic nitrogens is 2. The molecule has 0 aliphatic rings. The van der Waals surface area contributed by atoms with Gasteiger partial charge < -0.3 is 0 Å². The molecule has 4 rings (SSSR count). The Balaban J connectivity index is 1.79. The first kappa shape index (κ1) is 19.0. The van der Waals surface area contributed by atoms with Gasteiger partial charge in [-0.05, 0) is 56.0 Å². The maximum absolute atomic E-state index is 13.4. The smallest absolute Gasteiger partial charge is 0.267 e. The number of thioether (sulfide) groups is 1. The highest BCUT2D eigenvalue weighted by molar-refractivity contribution is 7.99. The molecule has 2 heterocycles. The van der Waals surface area contributed by atoms with Crippen LogP contribution in [-0.2, 0) is 6.42 Å². The predicted octanol–water partition coefficient (Wildman–Crippen LogP) is 5.71. The first-order valence-corrected chi connectivity index (χ1v) is 11.1. The molecule has 0 aliphatic heterocycles. The Morgan fingerprint density at radius 1 is 1.04 bits per heavy atom. The Kier molecular flexibility index (Phi) is 5.38. The molecule has 0 atom stereocenters. The molecule has 0 radical (unpaired) electrons. The lowest BCUT2D eigenvalue weighted by Crippen LogP contribution is -2.22. The van der Waals surface area contributed by atoms with Gasteiger partial charge in [-0.3, -0.25) is 9.36 Å². The molecule has 2 aromatic heterocycles. The van der Waals surface area contributed by atoms with Crippen LogP contribution in [0.3, 0.4) is 0 Å². The average Bonchev–Trinajstić information content (AvgIpc) is 2.97. The van der Waals surface area contributed by atoms with E-state index < -0.39 is 0 Å². The maximum Gasteiger partial charge on any atom is 0.267 e. The largest absolute Gasteiger partial charge is 0.268 e. The Morgan fingerprint density at radius 3 is 2.57 bits per heavy atom. The quantitative estimate of drug-likeness (QED) is 0.315. The van der Waals surface area contributed by atoms with Gasteiger partial charge in [-0.25, -0.2) is 4.98 Å². The fraction of sp³-hybridized carbons (Fsp3) is 0.217. The van der Waals surface area contributed by atoms with Crippen molar-refractivity contribution >= 4 is 33.3 Å². The van der Waals surface area contributed by atoms with E-state index >= 15 is 0 Å². The lowest BCUT2D eigenvalue weighted by molar-refractivity contribution is 0.820. The number of hydrogen-bond donors (Lipinski definition) is 0. The third-order valence-corrected chi connectivity index (χ3v) is 6.94. The van der Waals surface area contributed by atoms with Crippen LogP contribution in [0.15, 0.2) is 64.5 Å². The molecule has 0 bridgehead atoms. The summed E-state index contributed by atoms with van der Waals surface area (Å²) >= 11 is 3.25. The van der Waals surface area contributed by atoms with Crippen LogP contribution in [0, 0.1) is 20.8 Å². The molecular formula is C23H22N2OS2. The fourth-order valence-corrected chi connectivity index (χ4v) is 5.34. The molecule has 0 saturated carbocycles. The monoisotopic (exact) mass is 406 g/mol. The lowest BCUT2D eigenvalue weighted by atomic mass is 10.2. The van der Waals surface area contributed by atoms with E-state index in [1.807, 2.05) is 44.2 Å². The van der Waals surface area contributed by atoms with Gasteiger partial charge in [0.25, 0.3) is 5.56 Å². The van der Waals surface area contributed by atoms with Crippen molar-refractivity contribution < 1.29 is 0 Å². The first-order chi connectivity index (χ1) is 13.5. The molecule has 5 heteroatoms. The van der Waals surface area contributed by atoms with Gasteiger partial charge in [0, 0.05) is 10.6 Å². The topological polar surface area (TPSA) is 34.9 Å². The minimum absolute atomic E-state index is 0.0275. The van der Waals surface area contributed by atoms with Gasteiger partial charge in [-0.2, -0.15) is 0 Å². The molecule has 0 amide bonds. The number of benzene rings is 2. The van der Waals surface area contributed by atoms with Gasteiger partial charge >= 0.3 is 0 Å². The second kappa shape index (κ2) is 7.94. The van der Waals surface area contributed by atoms with Crippen molar-refractivity contribution in [3.05, 3.63) is 86.5 Å². The van der Waals surface area contributed by atoms with Crippen LogP contribution in [0.2, 0.25) is 0 Å². The van der Waals surface area contributed by atoms with Crippen molar-refractivity contribution in [3.8, 4) is 5.69 Å². The van der Waals surface area contributed by atoms with Crippen LogP contribution in [-0.4, -0.2) is 15.3 Å². The van der Waals surface area contributed by atoms with Gasteiger partial charge in [0.1, 0.15) is 4.83 Å². The van der Waals surface area contributed by atoms with Gasteiger partial charge in [0.2, 0.25) is 0 Å². The molecular weight excluding hydrogens is 384 g/mol. The first-order valence-electron chi connectivity index (χ1n) is 9.31. The second-order valence-electron chi connectivity index (χ2n) is 6.92. The van der Waals surface area contributed by atoms with Crippen molar-refractivity contribution in [2.75, 3.05) is 5.75 Å². The Bertz CT molecular complexity index is 1190. The Hall–Kier alpha value is -2.37. The number of rotatable bonds is 5. The predicted molar refractivity (Wildman–Crippen MR) is 120 cm³/mol. The highest BCUT2D eigenvalue weighted by atomic mass is 32.2. The number of hydrogen-bond acceptors (Lipinski definition) is 4. The average molecular weight is 407 g/mol. The van der Waals surface area contributed by atoms with Crippen LogP contribution in [0.5, 0.6) is 0 Å². The molecule has 142 valence electrons. The summed E-state index contributed by atoms with van der Waals surface area (Å²) in [5.41, 5.74) is 4.37.